The van der Waals surface area contributed by atoms with Crippen molar-refractivity contribution in [1.82, 2.24) is 4.90 Å². The maximum atomic E-state index is 12.4. The van der Waals surface area contributed by atoms with E-state index in [1.54, 1.807) is 0 Å². The molecular formula is C19H25N3OS. The maximum Gasteiger partial charge on any atom is 0.264 e. The second kappa shape index (κ2) is 7.71. The Morgan fingerprint density at radius 2 is 1.71 bits per heavy atom. The lowest BCUT2D eigenvalue weighted by Gasteiger charge is -2.36. The Kier molecular flexibility index (Phi) is 5.41. The molecule has 1 aromatic carbocycles. The summed E-state index contributed by atoms with van der Waals surface area (Å²) < 4.78 is 0. The lowest BCUT2D eigenvalue weighted by Crippen LogP contribution is -2.48. The summed E-state index contributed by atoms with van der Waals surface area (Å²) in [5.41, 5.74) is 2.52. The minimum atomic E-state index is 0.168. The first-order valence-corrected chi connectivity index (χ1v) is 9.53. The smallest absolute Gasteiger partial charge is 0.264 e. The van der Waals surface area contributed by atoms with E-state index in [-0.39, 0.29) is 5.91 Å². The van der Waals surface area contributed by atoms with Crippen LogP contribution >= 0.6 is 11.3 Å². The van der Waals surface area contributed by atoms with Gasteiger partial charge >= 0.3 is 0 Å². The van der Waals surface area contributed by atoms with E-state index in [9.17, 15) is 4.79 Å². The number of carbonyl (C=O) groups is 1. The lowest BCUT2D eigenvalue weighted by atomic mass is 10.2. The SMILES string of the molecule is CCN(CC)c1ccc(N2CCN(C(=O)c3cccs3)CC2)cc1. The Bertz CT molecular complexity index is 642. The van der Waals surface area contributed by atoms with Gasteiger partial charge in [0.25, 0.3) is 5.91 Å². The van der Waals surface area contributed by atoms with E-state index in [0.717, 1.165) is 44.1 Å². The van der Waals surface area contributed by atoms with E-state index in [1.807, 2.05) is 22.4 Å². The highest BCUT2D eigenvalue weighted by Crippen LogP contribution is 2.22. The van der Waals surface area contributed by atoms with Crippen LogP contribution in [0.15, 0.2) is 41.8 Å². The monoisotopic (exact) mass is 343 g/mol. The summed E-state index contributed by atoms with van der Waals surface area (Å²) in [6.07, 6.45) is 0. The van der Waals surface area contributed by atoms with Gasteiger partial charge in [-0.1, -0.05) is 6.07 Å². The highest BCUT2D eigenvalue weighted by atomic mass is 32.1. The van der Waals surface area contributed by atoms with Gasteiger partial charge in [0.1, 0.15) is 0 Å². The average Bonchev–Trinajstić information content (AvgIpc) is 3.18. The number of thiophene rings is 1. The number of carbonyl (C=O) groups excluding carboxylic acids is 1. The van der Waals surface area contributed by atoms with Gasteiger partial charge in [-0.2, -0.15) is 0 Å². The Hall–Kier alpha value is -2.01. The average molecular weight is 343 g/mol. The van der Waals surface area contributed by atoms with Gasteiger partial charge in [-0.15, -0.1) is 11.3 Å². The first-order chi connectivity index (χ1) is 11.7. The molecule has 4 nitrogen and oxygen atoms in total. The number of nitrogens with zero attached hydrogens (tertiary/aromatic N) is 3. The van der Waals surface area contributed by atoms with Gasteiger partial charge in [-0.25, -0.2) is 0 Å². The minimum absolute atomic E-state index is 0.168. The summed E-state index contributed by atoms with van der Waals surface area (Å²) in [6, 6.07) is 12.6. The van der Waals surface area contributed by atoms with Crippen LogP contribution in [0.25, 0.3) is 0 Å². The molecule has 0 aliphatic carbocycles. The summed E-state index contributed by atoms with van der Waals surface area (Å²) in [5.74, 6) is 0.168. The van der Waals surface area contributed by atoms with Crippen LogP contribution in [0.3, 0.4) is 0 Å². The summed E-state index contributed by atoms with van der Waals surface area (Å²) in [4.78, 5) is 19.9. The topological polar surface area (TPSA) is 26.8 Å². The zero-order chi connectivity index (χ0) is 16.9. The fraction of sp³-hybridized carbons (Fsp3) is 0.421. The van der Waals surface area contributed by atoms with Crippen LogP contribution in [-0.2, 0) is 0 Å². The molecule has 1 aliphatic rings. The molecule has 1 fully saturated rings. The molecule has 0 saturated carbocycles. The van der Waals surface area contributed by atoms with Crippen molar-refractivity contribution in [3.63, 3.8) is 0 Å². The van der Waals surface area contributed by atoms with Crippen molar-refractivity contribution in [3.05, 3.63) is 46.7 Å². The van der Waals surface area contributed by atoms with Gasteiger partial charge in [0.2, 0.25) is 0 Å². The number of anilines is 2. The van der Waals surface area contributed by atoms with E-state index >= 15 is 0 Å². The van der Waals surface area contributed by atoms with Crippen molar-refractivity contribution in [2.45, 2.75) is 13.8 Å². The zero-order valence-corrected chi connectivity index (χ0v) is 15.3. The maximum absolute atomic E-state index is 12.4. The number of amides is 1. The molecule has 0 spiro atoms. The van der Waals surface area contributed by atoms with Gasteiger partial charge < -0.3 is 14.7 Å². The minimum Gasteiger partial charge on any atom is -0.372 e. The molecule has 1 saturated heterocycles. The molecule has 1 aromatic heterocycles. The van der Waals surface area contributed by atoms with E-state index < -0.39 is 0 Å². The van der Waals surface area contributed by atoms with Crippen LogP contribution in [-0.4, -0.2) is 50.1 Å². The van der Waals surface area contributed by atoms with E-state index in [1.165, 1.54) is 22.7 Å². The highest BCUT2D eigenvalue weighted by molar-refractivity contribution is 7.12. The molecule has 0 unspecified atom stereocenters. The number of rotatable bonds is 5. The molecule has 1 amide bonds. The van der Waals surface area contributed by atoms with E-state index in [4.69, 9.17) is 0 Å². The standard InChI is InChI=1S/C19H25N3OS/c1-3-20(4-2)16-7-9-17(10-8-16)21-11-13-22(14-12-21)19(23)18-6-5-15-24-18/h5-10,15H,3-4,11-14H2,1-2H3. The molecule has 2 heterocycles. The van der Waals surface area contributed by atoms with Crippen LogP contribution in [0, 0.1) is 0 Å². The van der Waals surface area contributed by atoms with Crippen LogP contribution in [0.1, 0.15) is 23.5 Å². The Morgan fingerprint density at radius 1 is 1.04 bits per heavy atom. The zero-order valence-electron chi connectivity index (χ0n) is 14.4. The van der Waals surface area contributed by atoms with Crippen molar-refractivity contribution in [1.29, 1.82) is 0 Å². The number of hydrogen-bond donors (Lipinski definition) is 0. The fourth-order valence-corrected chi connectivity index (χ4v) is 3.88. The third-order valence-corrected chi connectivity index (χ3v) is 5.50. The summed E-state index contributed by atoms with van der Waals surface area (Å²) in [6.45, 7) is 9.77. The normalized spacial score (nSPS) is 14.8. The van der Waals surface area contributed by atoms with Crippen LogP contribution in [0.4, 0.5) is 11.4 Å². The van der Waals surface area contributed by atoms with Crippen LogP contribution in [0.5, 0.6) is 0 Å². The first-order valence-electron chi connectivity index (χ1n) is 8.65. The summed E-state index contributed by atoms with van der Waals surface area (Å²) in [7, 11) is 0. The molecule has 0 bridgehead atoms. The predicted octanol–water partition coefficient (Wildman–Crippen LogP) is 3.56. The Balaban J connectivity index is 1.59. The van der Waals surface area contributed by atoms with Crippen molar-refractivity contribution in [2.75, 3.05) is 49.1 Å². The van der Waals surface area contributed by atoms with Gasteiger partial charge in [-0.3, -0.25) is 4.79 Å². The second-order valence-corrected chi connectivity index (χ2v) is 6.89. The van der Waals surface area contributed by atoms with E-state index in [2.05, 4.69) is 47.9 Å². The molecule has 2 aromatic rings. The van der Waals surface area contributed by atoms with Gasteiger partial charge in [-0.05, 0) is 49.6 Å². The largest absolute Gasteiger partial charge is 0.372 e. The summed E-state index contributed by atoms with van der Waals surface area (Å²) in [5, 5.41) is 1.96. The molecule has 1 aliphatic heterocycles. The van der Waals surface area contributed by atoms with Crippen molar-refractivity contribution >= 4 is 28.6 Å². The molecule has 128 valence electrons. The molecule has 0 radical (unpaired) electrons. The predicted molar refractivity (Wildman–Crippen MR) is 102 cm³/mol. The van der Waals surface area contributed by atoms with Crippen LogP contribution in [0.2, 0.25) is 0 Å². The first kappa shape index (κ1) is 16.8. The van der Waals surface area contributed by atoms with Gasteiger partial charge in [0.05, 0.1) is 4.88 Å². The lowest BCUT2D eigenvalue weighted by molar-refractivity contribution is 0.0751. The Morgan fingerprint density at radius 3 is 2.25 bits per heavy atom. The number of piperazine rings is 1. The highest BCUT2D eigenvalue weighted by Gasteiger charge is 2.22. The number of benzene rings is 1. The van der Waals surface area contributed by atoms with Crippen LogP contribution < -0.4 is 9.80 Å². The third-order valence-electron chi connectivity index (χ3n) is 4.64. The van der Waals surface area contributed by atoms with Gasteiger partial charge in [0, 0.05) is 50.6 Å². The fourth-order valence-electron chi connectivity index (χ4n) is 3.19. The second-order valence-electron chi connectivity index (χ2n) is 5.95. The van der Waals surface area contributed by atoms with Crippen molar-refractivity contribution in [3.8, 4) is 0 Å². The molecule has 0 N–H and O–H groups in total. The Labute approximate surface area is 148 Å². The molecule has 0 atom stereocenters. The third kappa shape index (κ3) is 3.56. The quantitative estimate of drug-likeness (QED) is 0.830. The summed E-state index contributed by atoms with van der Waals surface area (Å²) >= 11 is 1.52. The van der Waals surface area contributed by atoms with E-state index in [0.29, 0.717) is 0 Å². The van der Waals surface area contributed by atoms with Crippen molar-refractivity contribution in [2.24, 2.45) is 0 Å². The molecule has 3 rings (SSSR count). The van der Waals surface area contributed by atoms with Crippen molar-refractivity contribution < 1.29 is 4.79 Å². The molecule has 5 heteroatoms. The molecular weight excluding hydrogens is 318 g/mol. The number of hydrogen-bond acceptors (Lipinski definition) is 4. The molecule has 24 heavy (non-hydrogen) atoms. The van der Waals surface area contributed by atoms with Gasteiger partial charge in [0.15, 0.2) is 0 Å².